The van der Waals surface area contributed by atoms with Gasteiger partial charge in [0, 0.05) is 29.2 Å². The summed E-state index contributed by atoms with van der Waals surface area (Å²) in [5.41, 5.74) is 5.50. The monoisotopic (exact) mass is 581 g/mol. The van der Waals surface area contributed by atoms with Crippen LogP contribution in [-0.2, 0) is 33.5 Å². The summed E-state index contributed by atoms with van der Waals surface area (Å²) in [5, 5.41) is 29.4. The maximum atomic E-state index is 13.2. The molecule has 5 N–H and O–H groups in total. The molecule has 2 aliphatic rings. The van der Waals surface area contributed by atoms with Crippen molar-refractivity contribution in [2.24, 2.45) is 5.16 Å². The summed E-state index contributed by atoms with van der Waals surface area (Å²) in [6.07, 6.45) is -1.51. The fourth-order valence-electron chi connectivity index (χ4n) is 3.57. The Bertz CT molecular complexity index is 1350. The number of carboxylic acids is 2. The molecule has 0 spiro atoms. The van der Waals surface area contributed by atoms with Crippen LogP contribution in [-0.4, -0.2) is 79.3 Å². The van der Waals surface area contributed by atoms with Crippen molar-refractivity contribution < 1.29 is 43.8 Å². The maximum absolute atomic E-state index is 13.2. The van der Waals surface area contributed by atoms with Crippen molar-refractivity contribution in [2.75, 3.05) is 18.1 Å². The van der Waals surface area contributed by atoms with Gasteiger partial charge in [0.15, 0.2) is 10.8 Å². The Morgan fingerprint density at radius 2 is 2.08 bits per heavy atom. The molecule has 4 heterocycles. The zero-order chi connectivity index (χ0) is 27.6. The third-order valence-corrected chi connectivity index (χ3v) is 8.00. The summed E-state index contributed by atoms with van der Waals surface area (Å²) >= 11 is 3.43. The quantitative estimate of drug-likeness (QED) is 0.132. The van der Waals surface area contributed by atoms with E-state index in [4.69, 9.17) is 15.3 Å². The molecule has 38 heavy (non-hydrogen) atoms. The van der Waals surface area contributed by atoms with Crippen LogP contribution < -0.4 is 11.1 Å². The van der Waals surface area contributed by atoms with Gasteiger partial charge >= 0.3 is 17.9 Å². The van der Waals surface area contributed by atoms with Gasteiger partial charge in [0.1, 0.15) is 29.4 Å². The average Bonchev–Trinajstić information content (AvgIpc) is 3.54. The number of hydrogen-bond donors (Lipinski definition) is 4. The lowest BCUT2D eigenvalue weighted by molar-refractivity contribution is -0.151. The minimum Gasteiger partial charge on any atom is -0.478 e. The maximum Gasteiger partial charge on any atom is 0.352 e. The molecule has 0 aliphatic carbocycles. The van der Waals surface area contributed by atoms with E-state index in [9.17, 15) is 34.2 Å². The number of carboxylic acid groups (broad SMARTS) is 2. The second-order valence-corrected chi connectivity index (χ2v) is 10.6. The summed E-state index contributed by atoms with van der Waals surface area (Å²) in [7, 11) is 0. The number of carbonyl (C=O) groups excluding carboxylic acids is 3. The number of nitrogen functional groups attached to an aromatic ring is 1. The number of nitrogens with two attached hydrogens (primary N) is 1. The van der Waals surface area contributed by atoms with Crippen LogP contribution in [0.5, 0.6) is 0 Å². The van der Waals surface area contributed by atoms with E-state index in [1.54, 1.807) is 10.8 Å². The number of thiophene rings is 1. The molecule has 0 bridgehead atoms. The topological polar surface area (TPSA) is 211 Å². The van der Waals surface area contributed by atoms with Crippen LogP contribution in [0, 0.1) is 0 Å². The van der Waals surface area contributed by atoms with Crippen LogP contribution >= 0.6 is 34.4 Å². The van der Waals surface area contributed by atoms with E-state index in [-0.39, 0.29) is 34.5 Å². The number of fused-ring (bicyclic) bond motifs is 1. The molecule has 4 rings (SSSR count). The number of aliphatic carboxylic acids is 2. The number of amides is 2. The molecule has 2 aromatic rings. The lowest BCUT2D eigenvalue weighted by Crippen LogP contribution is -2.71. The zero-order valence-corrected chi connectivity index (χ0v) is 21.8. The van der Waals surface area contributed by atoms with Crippen LogP contribution in [0.4, 0.5) is 5.13 Å². The number of hydrogen-bond acceptors (Lipinski definition) is 13. The molecule has 1 unspecified atom stereocenters. The number of ether oxygens (including phenoxy) is 1. The minimum atomic E-state index is -1.51. The van der Waals surface area contributed by atoms with Crippen molar-refractivity contribution in [1.82, 2.24) is 15.2 Å². The number of oxime groups is 1. The van der Waals surface area contributed by atoms with Crippen LogP contribution in [0.15, 0.2) is 38.6 Å². The Labute approximate surface area is 226 Å². The lowest BCUT2D eigenvalue weighted by atomic mass is 10.0. The van der Waals surface area contributed by atoms with Crippen molar-refractivity contribution in [3.05, 3.63) is 44.7 Å². The first kappa shape index (κ1) is 27.1. The smallest absolute Gasteiger partial charge is 0.352 e. The molecule has 1 fully saturated rings. The van der Waals surface area contributed by atoms with E-state index in [0.717, 1.165) is 16.2 Å². The number of esters is 1. The molecule has 200 valence electrons. The van der Waals surface area contributed by atoms with Gasteiger partial charge in [-0.05, 0) is 16.8 Å². The van der Waals surface area contributed by atoms with Gasteiger partial charge in [0.05, 0.1) is 0 Å². The predicted molar refractivity (Wildman–Crippen MR) is 135 cm³/mol. The molecule has 2 aliphatic heterocycles. The highest BCUT2D eigenvalue weighted by Crippen LogP contribution is 2.40. The molecule has 0 radical (unpaired) electrons. The highest BCUT2D eigenvalue weighted by Gasteiger charge is 2.54. The number of thioether (sulfide) groups is 1. The Kier molecular flexibility index (Phi) is 7.98. The Hall–Kier alpha value is -3.96. The summed E-state index contributed by atoms with van der Waals surface area (Å²) in [6.45, 7) is 0.893. The molecule has 1 saturated heterocycles. The standard InChI is InChI=1S/C21H19N5O9S3/c1-8(27)34-4-10-6-37-18-13(17(29)26(18)14(10)19(30)31)24-16(28)12(11-7-38-21(22)23-11)25-35-15(20(32)33)9-2-3-36-5-9/h2-3,5,7,13,15,18H,4,6H2,1H3,(H2,22,23)(H,24,28)(H,30,31)(H,32,33)/b25-12-/t13-,15?,18+/m0/s1. The largest absolute Gasteiger partial charge is 0.478 e. The fourth-order valence-corrected chi connectivity index (χ4v) is 6.12. The first-order valence-corrected chi connectivity index (χ1v) is 13.5. The molecule has 14 nitrogen and oxygen atoms in total. The highest BCUT2D eigenvalue weighted by atomic mass is 32.2. The number of nitrogens with zero attached hydrogens (tertiary/aromatic N) is 3. The Morgan fingerprint density at radius 1 is 1.32 bits per heavy atom. The van der Waals surface area contributed by atoms with Crippen LogP contribution in [0.3, 0.4) is 0 Å². The van der Waals surface area contributed by atoms with Gasteiger partial charge in [-0.25, -0.2) is 14.6 Å². The first-order chi connectivity index (χ1) is 18.1. The second kappa shape index (κ2) is 11.2. The van der Waals surface area contributed by atoms with Crippen LogP contribution in [0.1, 0.15) is 24.3 Å². The molecule has 17 heteroatoms. The van der Waals surface area contributed by atoms with Gasteiger partial charge in [-0.2, -0.15) is 11.3 Å². The number of nitrogens with one attached hydrogen (secondary N) is 1. The molecule has 3 atom stereocenters. The van der Waals surface area contributed by atoms with Gasteiger partial charge in [0.25, 0.3) is 11.8 Å². The van der Waals surface area contributed by atoms with Crippen molar-refractivity contribution in [3.8, 4) is 0 Å². The number of thiazole rings is 1. The summed E-state index contributed by atoms with van der Waals surface area (Å²) in [5.74, 6) is -4.79. The first-order valence-electron chi connectivity index (χ1n) is 10.6. The molecule has 2 aromatic heterocycles. The van der Waals surface area contributed by atoms with Crippen LogP contribution in [0.2, 0.25) is 0 Å². The SMILES string of the molecule is CC(=O)OCC1=C(C(=O)O)N2C(=O)[C@H](NC(=O)/C(=N\OC(C(=O)O)c3ccsc3)c3csc(N)n3)[C@H]2SC1. The Balaban J connectivity index is 1.55. The summed E-state index contributed by atoms with van der Waals surface area (Å²) in [4.78, 5) is 71.1. The number of carbonyl (C=O) groups is 5. The molecular formula is C21H19N5O9S3. The average molecular weight is 582 g/mol. The van der Waals surface area contributed by atoms with E-state index >= 15 is 0 Å². The third kappa shape index (κ3) is 5.48. The van der Waals surface area contributed by atoms with E-state index in [1.165, 1.54) is 41.5 Å². The molecule has 0 aromatic carbocycles. The van der Waals surface area contributed by atoms with Crippen LogP contribution in [0.25, 0.3) is 0 Å². The van der Waals surface area contributed by atoms with Crippen molar-refractivity contribution in [3.63, 3.8) is 0 Å². The van der Waals surface area contributed by atoms with Gasteiger partial charge in [-0.15, -0.1) is 23.1 Å². The van der Waals surface area contributed by atoms with Gasteiger partial charge in [0.2, 0.25) is 6.10 Å². The van der Waals surface area contributed by atoms with E-state index in [0.29, 0.717) is 5.56 Å². The second-order valence-electron chi connectivity index (χ2n) is 7.79. The summed E-state index contributed by atoms with van der Waals surface area (Å²) < 4.78 is 4.90. The predicted octanol–water partition coefficient (Wildman–Crippen LogP) is 0.635. The third-order valence-electron chi connectivity index (χ3n) is 5.29. The number of β-lactam (4-membered cyclic amide) rings is 1. The minimum absolute atomic E-state index is 0.00540. The van der Waals surface area contributed by atoms with Gasteiger partial charge in [-0.3, -0.25) is 19.3 Å². The van der Waals surface area contributed by atoms with Gasteiger partial charge in [-0.1, -0.05) is 5.16 Å². The number of aromatic nitrogens is 1. The number of rotatable bonds is 10. The molecule has 0 saturated carbocycles. The fraction of sp³-hybridized carbons (Fsp3) is 0.286. The zero-order valence-electron chi connectivity index (χ0n) is 19.4. The van der Waals surface area contributed by atoms with Gasteiger partial charge < -0.3 is 30.8 Å². The Morgan fingerprint density at radius 3 is 2.66 bits per heavy atom. The van der Waals surface area contributed by atoms with E-state index in [1.807, 2.05) is 0 Å². The normalized spacial score (nSPS) is 19.8. The van der Waals surface area contributed by atoms with E-state index < -0.39 is 53.0 Å². The van der Waals surface area contributed by atoms with Crippen molar-refractivity contribution in [2.45, 2.75) is 24.4 Å². The lowest BCUT2D eigenvalue weighted by Gasteiger charge is -2.49. The molecular weight excluding hydrogens is 562 g/mol. The summed E-state index contributed by atoms with van der Waals surface area (Å²) in [6, 6.07) is 0.413. The highest BCUT2D eigenvalue weighted by molar-refractivity contribution is 8.00. The van der Waals surface area contributed by atoms with Crippen molar-refractivity contribution >= 4 is 75.0 Å². The van der Waals surface area contributed by atoms with Crippen molar-refractivity contribution in [1.29, 1.82) is 0 Å². The molecule has 2 amide bonds. The number of anilines is 1. The van der Waals surface area contributed by atoms with E-state index in [2.05, 4.69) is 15.5 Å².